The van der Waals surface area contributed by atoms with Gasteiger partial charge >= 0.3 is 0 Å². The minimum Gasteiger partial charge on any atom is -1.00 e. The second-order valence-corrected chi connectivity index (χ2v) is 8.44. The van der Waals surface area contributed by atoms with Crippen molar-refractivity contribution in [1.29, 1.82) is 0 Å². The van der Waals surface area contributed by atoms with Gasteiger partial charge in [-0.05, 0) is 61.4 Å². The molecule has 3 N–H and O–H groups in total. The standard InChI is InChI=1S/C29H37N3O.2ClH/c1-3-5-21-32(22-6-4-2)23-24-33-28-19-17-27(18-20-28)31-29(25-13-9-7-10-14-25)30-26-15-11-8-12-16-26;;/h7-20H,3-6,21-24H2,1-2H3,(H,30,31);2*1H. The van der Waals surface area contributed by atoms with Gasteiger partial charge in [0.05, 0.1) is 18.7 Å². The van der Waals surface area contributed by atoms with E-state index in [1.807, 2.05) is 48.5 Å². The summed E-state index contributed by atoms with van der Waals surface area (Å²) in [4.78, 5) is 5.20. The molecule has 3 aromatic carbocycles. The van der Waals surface area contributed by atoms with E-state index in [0.29, 0.717) is 0 Å². The fraction of sp³-hybridized carbons (Fsp3) is 0.345. The first kappa shape index (κ1) is 30.5. The number of benzene rings is 3. The Morgan fingerprint density at radius 1 is 0.743 bits per heavy atom. The van der Waals surface area contributed by atoms with Crippen LogP contribution in [0.1, 0.15) is 45.1 Å². The molecule has 0 aromatic heterocycles. The van der Waals surface area contributed by atoms with Crippen molar-refractivity contribution in [2.24, 2.45) is 0 Å². The zero-order valence-corrected chi connectivity index (χ0v) is 22.4. The van der Waals surface area contributed by atoms with Gasteiger partial charge in [-0.3, -0.25) is 0 Å². The van der Waals surface area contributed by atoms with E-state index in [1.54, 1.807) is 4.90 Å². The third-order valence-electron chi connectivity index (χ3n) is 5.72. The molecule has 0 heterocycles. The number of unbranched alkanes of at least 4 members (excludes halogenated alkanes) is 2. The molecule has 0 aliphatic heterocycles. The van der Waals surface area contributed by atoms with Crippen LogP contribution in [0.2, 0.25) is 0 Å². The van der Waals surface area contributed by atoms with E-state index < -0.39 is 0 Å². The predicted octanol–water partition coefficient (Wildman–Crippen LogP) is -2.17. The molecule has 6 heteroatoms. The van der Waals surface area contributed by atoms with E-state index in [9.17, 15) is 0 Å². The topological polar surface area (TPSA) is 39.7 Å². The van der Waals surface area contributed by atoms with Gasteiger partial charge in [-0.1, -0.05) is 63.1 Å². The van der Waals surface area contributed by atoms with E-state index >= 15 is 0 Å². The van der Waals surface area contributed by atoms with Gasteiger partial charge in [-0.15, -0.1) is 0 Å². The summed E-state index contributed by atoms with van der Waals surface area (Å²) in [5.74, 6) is 1.87. The molecule has 190 valence electrons. The third kappa shape index (κ3) is 11.2. The highest BCUT2D eigenvalue weighted by atomic mass is 35.5. The molecule has 3 rings (SSSR count). The normalized spacial score (nSPS) is 10.9. The second-order valence-electron chi connectivity index (χ2n) is 8.44. The molecule has 0 unspecified atom stereocenters. The molecule has 0 atom stereocenters. The minimum atomic E-state index is 0. The smallest absolute Gasteiger partial charge is 0.285 e. The quantitative estimate of drug-likeness (QED) is 0.179. The Morgan fingerprint density at radius 3 is 1.89 bits per heavy atom. The van der Waals surface area contributed by atoms with Crippen molar-refractivity contribution in [3.05, 3.63) is 90.5 Å². The summed E-state index contributed by atoms with van der Waals surface area (Å²) in [6.45, 7) is 8.84. The Balaban J connectivity index is 0.00000306. The van der Waals surface area contributed by atoms with Crippen molar-refractivity contribution < 1.29 is 39.4 Å². The average Bonchev–Trinajstić information content (AvgIpc) is 2.87. The SMILES string of the molecule is CCCC[NH+](CCCC)CCOc1ccc([NH+]=C(Nc2ccccc2)c2ccccc2)cc1.[Cl-].[Cl-]. The summed E-state index contributed by atoms with van der Waals surface area (Å²) >= 11 is 0. The van der Waals surface area contributed by atoms with Gasteiger partial charge in [0.15, 0.2) is 0 Å². The lowest BCUT2D eigenvalue weighted by Gasteiger charge is -2.19. The van der Waals surface area contributed by atoms with Gasteiger partial charge in [0.25, 0.3) is 5.84 Å². The first-order chi connectivity index (χ1) is 16.3. The zero-order chi connectivity index (χ0) is 23.1. The summed E-state index contributed by atoms with van der Waals surface area (Å²) < 4.78 is 6.07. The number of hydrogen-bond donors (Lipinski definition) is 3. The van der Waals surface area contributed by atoms with Crippen LogP contribution in [0.3, 0.4) is 0 Å². The lowest BCUT2D eigenvalue weighted by molar-refractivity contribution is -0.900. The van der Waals surface area contributed by atoms with Gasteiger partial charge < -0.3 is 34.5 Å². The van der Waals surface area contributed by atoms with Crippen LogP contribution in [0.5, 0.6) is 5.75 Å². The molecule has 0 radical (unpaired) electrons. The highest BCUT2D eigenvalue weighted by molar-refractivity contribution is 6.04. The molecule has 0 fully saturated rings. The average molecular weight is 517 g/mol. The fourth-order valence-corrected chi connectivity index (χ4v) is 3.77. The number of ether oxygens (including phenoxy) is 1. The van der Waals surface area contributed by atoms with Crippen LogP contribution in [-0.2, 0) is 0 Å². The van der Waals surface area contributed by atoms with Gasteiger partial charge in [-0.2, -0.15) is 0 Å². The number of quaternary nitrogens is 1. The number of rotatable bonds is 13. The van der Waals surface area contributed by atoms with E-state index in [1.165, 1.54) is 38.8 Å². The molecular formula is C29H39Cl2N3O. The van der Waals surface area contributed by atoms with Crippen LogP contribution >= 0.6 is 0 Å². The van der Waals surface area contributed by atoms with Crippen LogP contribution in [0.25, 0.3) is 0 Å². The maximum atomic E-state index is 6.07. The van der Waals surface area contributed by atoms with Crippen molar-refractivity contribution in [2.75, 3.05) is 31.6 Å². The summed E-state index contributed by atoms with van der Waals surface area (Å²) in [7, 11) is 0. The van der Waals surface area contributed by atoms with Crippen LogP contribution in [-0.4, -0.2) is 32.1 Å². The largest absolute Gasteiger partial charge is 1.00 e. The van der Waals surface area contributed by atoms with Crippen LogP contribution in [0.4, 0.5) is 11.4 Å². The Labute approximate surface area is 223 Å². The number of anilines is 1. The first-order valence-electron chi connectivity index (χ1n) is 12.4. The van der Waals surface area contributed by atoms with Gasteiger partial charge in [0.1, 0.15) is 30.3 Å². The first-order valence-corrected chi connectivity index (χ1v) is 12.4. The maximum Gasteiger partial charge on any atom is 0.285 e. The lowest BCUT2D eigenvalue weighted by atomic mass is 10.2. The van der Waals surface area contributed by atoms with Crippen molar-refractivity contribution in [1.82, 2.24) is 0 Å². The fourth-order valence-electron chi connectivity index (χ4n) is 3.77. The molecule has 0 bridgehead atoms. The maximum absolute atomic E-state index is 6.07. The summed E-state index contributed by atoms with van der Waals surface area (Å²) in [5, 5.41) is 3.51. The number of hydrogen-bond acceptors (Lipinski definition) is 1. The Kier molecular flexibility index (Phi) is 15.5. The van der Waals surface area contributed by atoms with Crippen LogP contribution in [0, 0.1) is 0 Å². The lowest BCUT2D eigenvalue weighted by Crippen LogP contribution is -3.12. The van der Waals surface area contributed by atoms with Crippen LogP contribution < -0.4 is 44.8 Å². The summed E-state index contributed by atoms with van der Waals surface area (Å²) in [5.41, 5.74) is 3.16. The van der Waals surface area contributed by atoms with Gasteiger partial charge in [-0.25, -0.2) is 10.3 Å². The van der Waals surface area contributed by atoms with Crippen LogP contribution in [0.15, 0.2) is 84.9 Å². The Hall–Kier alpha value is -2.53. The molecule has 0 aliphatic carbocycles. The highest BCUT2D eigenvalue weighted by Crippen LogP contribution is 2.12. The number of para-hydroxylation sites is 1. The molecule has 0 spiro atoms. The summed E-state index contributed by atoms with van der Waals surface area (Å²) in [6, 6.07) is 28.8. The van der Waals surface area contributed by atoms with Gasteiger partial charge in [0, 0.05) is 0 Å². The summed E-state index contributed by atoms with van der Waals surface area (Å²) in [6.07, 6.45) is 5.09. The molecule has 0 saturated carbocycles. The Morgan fingerprint density at radius 2 is 1.31 bits per heavy atom. The number of amidine groups is 1. The van der Waals surface area contributed by atoms with Crippen molar-refractivity contribution >= 4 is 17.2 Å². The molecule has 4 nitrogen and oxygen atoms in total. The van der Waals surface area contributed by atoms with E-state index in [-0.39, 0.29) is 24.8 Å². The van der Waals surface area contributed by atoms with Crippen molar-refractivity contribution in [3.63, 3.8) is 0 Å². The monoisotopic (exact) mass is 515 g/mol. The molecule has 0 amide bonds. The van der Waals surface area contributed by atoms with Crippen molar-refractivity contribution in [3.8, 4) is 5.75 Å². The van der Waals surface area contributed by atoms with Gasteiger partial charge in [0.2, 0.25) is 0 Å². The van der Waals surface area contributed by atoms with E-state index in [4.69, 9.17) is 4.74 Å². The molecular weight excluding hydrogens is 477 g/mol. The second kappa shape index (κ2) is 17.8. The zero-order valence-electron chi connectivity index (χ0n) is 20.9. The van der Waals surface area contributed by atoms with E-state index in [2.05, 4.69) is 60.6 Å². The third-order valence-corrected chi connectivity index (χ3v) is 5.72. The molecule has 3 aromatic rings. The Bertz CT molecular complexity index is 943. The number of nitrogens with one attached hydrogen (secondary N) is 3. The molecule has 0 saturated heterocycles. The highest BCUT2D eigenvalue weighted by Gasteiger charge is 2.12. The molecule has 35 heavy (non-hydrogen) atoms. The number of halogens is 2. The predicted molar refractivity (Wildman–Crippen MR) is 139 cm³/mol. The van der Waals surface area contributed by atoms with E-state index in [0.717, 1.165) is 41.7 Å². The van der Waals surface area contributed by atoms with Crippen molar-refractivity contribution in [2.45, 2.75) is 39.5 Å². The minimum absolute atomic E-state index is 0. The molecule has 0 aliphatic rings.